The number of anilines is 1. The zero-order valence-corrected chi connectivity index (χ0v) is 24.7. The molecule has 43 heavy (non-hydrogen) atoms. The van der Waals surface area contributed by atoms with E-state index in [4.69, 9.17) is 9.47 Å². The second-order valence-electron chi connectivity index (χ2n) is 10.7. The third-order valence-corrected chi connectivity index (χ3v) is 8.10. The molecule has 0 saturated carbocycles. The average molecular weight is 587 g/mol. The smallest absolute Gasteiger partial charge is 0.328 e. The Labute approximate surface area is 248 Å². The number of benzene rings is 3. The minimum atomic E-state index is -0.688. The minimum absolute atomic E-state index is 0.174. The van der Waals surface area contributed by atoms with Crippen LogP contribution in [0.3, 0.4) is 0 Å². The number of amides is 1. The first-order valence-electron chi connectivity index (χ1n) is 14.2. The van der Waals surface area contributed by atoms with E-state index in [1.165, 1.54) is 7.05 Å². The van der Waals surface area contributed by atoms with E-state index in [0.29, 0.717) is 42.3 Å². The van der Waals surface area contributed by atoms with Crippen molar-refractivity contribution in [2.75, 3.05) is 25.6 Å². The van der Waals surface area contributed by atoms with E-state index in [1.807, 2.05) is 50.2 Å². The van der Waals surface area contributed by atoms with Crippen LogP contribution in [0, 0.1) is 19.7 Å². The van der Waals surface area contributed by atoms with Crippen LogP contribution in [0.5, 0.6) is 5.75 Å². The Hall–Kier alpha value is -4.54. The first kappa shape index (κ1) is 29.9. The fourth-order valence-electron chi connectivity index (χ4n) is 5.49. The molecule has 1 aliphatic heterocycles. The van der Waals surface area contributed by atoms with Gasteiger partial charge in [-0.2, -0.15) is 0 Å². The van der Waals surface area contributed by atoms with Gasteiger partial charge < -0.3 is 25.1 Å². The Bertz CT molecular complexity index is 1790. The number of carbonyl (C=O) groups is 1. The molecule has 3 aromatic carbocycles. The van der Waals surface area contributed by atoms with Crippen LogP contribution >= 0.6 is 0 Å². The number of H-pyrrole nitrogens is 1. The first-order chi connectivity index (χ1) is 20.7. The molecular formula is C33H35FN4O5. The fraction of sp³-hybridized carbons (Fsp3) is 0.303. The number of aromatic nitrogens is 2. The highest BCUT2D eigenvalue weighted by Gasteiger charge is 2.20. The molecule has 0 spiro atoms. The van der Waals surface area contributed by atoms with Gasteiger partial charge in [0.05, 0.1) is 7.11 Å². The molecule has 0 radical (unpaired) electrons. The highest BCUT2D eigenvalue weighted by atomic mass is 19.1. The summed E-state index contributed by atoms with van der Waals surface area (Å²) in [6.07, 6.45) is 2.90. The van der Waals surface area contributed by atoms with Crippen molar-refractivity contribution in [3.8, 4) is 28.0 Å². The second-order valence-corrected chi connectivity index (χ2v) is 10.7. The van der Waals surface area contributed by atoms with Gasteiger partial charge in [-0.15, -0.1) is 0 Å². The maximum Gasteiger partial charge on any atom is 0.328 e. The largest absolute Gasteiger partial charge is 0.496 e. The van der Waals surface area contributed by atoms with Gasteiger partial charge >= 0.3 is 5.69 Å². The van der Waals surface area contributed by atoms with E-state index < -0.39 is 17.2 Å². The van der Waals surface area contributed by atoms with Crippen molar-refractivity contribution in [2.24, 2.45) is 7.05 Å². The van der Waals surface area contributed by atoms with Crippen molar-refractivity contribution in [2.45, 2.75) is 39.3 Å². The van der Waals surface area contributed by atoms with Crippen LogP contribution < -0.4 is 26.6 Å². The summed E-state index contributed by atoms with van der Waals surface area (Å²) in [6.45, 7) is 5.63. The third kappa shape index (κ3) is 6.16. The predicted octanol–water partition coefficient (Wildman–Crippen LogP) is 4.69. The fourth-order valence-corrected chi connectivity index (χ4v) is 5.49. The van der Waals surface area contributed by atoms with Gasteiger partial charge in [0.25, 0.3) is 11.5 Å². The van der Waals surface area contributed by atoms with Gasteiger partial charge in [0.2, 0.25) is 0 Å². The molecule has 1 aliphatic rings. The van der Waals surface area contributed by atoms with Gasteiger partial charge in [0.15, 0.2) is 0 Å². The molecule has 1 saturated heterocycles. The summed E-state index contributed by atoms with van der Waals surface area (Å²) >= 11 is 0. The van der Waals surface area contributed by atoms with E-state index in [9.17, 15) is 14.4 Å². The molecule has 3 N–H and O–H groups in total. The number of rotatable bonds is 8. The Kier molecular flexibility index (Phi) is 8.89. The summed E-state index contributed by atoms with van der Waals surface area (Å²) in [5, 5.41) is 6.24. The summed E-state index contributed by atoms with van der Waals surface area (Å²) < 4.78 is 27.4. The van der Waals surface area contributed by atoms with Crippen LogP contribution in [0.15, 0.2) is 64.3 Å². The molecule has 2 heterocycles. The number of hydrogen-bond acceptors (Lipinski definition) is 6. The summed E-state index contributed by atoms with van der Waals surface area (Å²) in [5.41, 5.74) is 4.59. The van der Waals surface area contributed by atoms with Crippen molar-refractivity contribution < 1.29 is 18.7 Å². The molecule has 1 amide bonds. The van der Waals surface area contributed by atoms with E-state index in [1.54, 1.807) is 19.2 Å². The van der Waals surface area contributed by atoms with Crippen molar-refractivity contribution >= 4 is 11.6 Å². The molecule has 0 atom stereocenters. The summed E-state index contributed by atoms with van der Waals surface area (Å²) in [7, 11) is 2.85. The Morgan fingerprint density at radius 3 is 2.44 bits per heavy atom. The van der Waals surface area contributed by atoms with Crippen LogP contribution in [0.1, 0.15) is 39.9 Å². The maximum atomic E-state index is 15.5. The number of ether oxygens (including phenoxy) is 2. The average Bonchev–Trinajstić information content (AvgIpc) is 3.00. The molecule has 5 rings (SSSR count). The highest BCUT2D eigenvalue weighted by Crippen LogP contribution is 2.37. The van der Waals surface area contributed by atoms with Gasteiger partial charge in [0, 0.05) is 50.3 Å². The number of halogens is 1. The van der Waals surface area contributed by atoms with Gasteiger partial charge in [-0.3, -0.25) is 14.2 Å². The quantitative estimate of drug-likeness (QED) is 0.276. The van der Waals surface area contributed by atoms with Crippen LogP contribution in [0.2, 0.25) is 0 Å². The molecule has 4 aromatic rings. The standard InChI is InChI=1S/C33H35FN4O5/c1-19-23(21-15-28(34)26(30(16-21)42-4)17-35-22-11-13-43-14-12-22)7-5-8-24(19)25-9-6-10-29(20(25)2)37-31(39)27-18-36-33(41)38(3)32(27)40/h5-10,15-16,18,22,35H,11-14,17H2,1-4H3,(H,36,41)(H,37,39). The van der Waals surface area contributed by atoms with Crippen LogP contribution in [-0.2, 0) is 18.3 Å². The van der Waals surface area contributed by atoms with E-state index in [-0.39, 0.29) is 17.4 Å². The van der Waals surface area contributed by atoms with Crippen LogP contribution in [0.4, 0.5) is 10.1 Å². The molecular weight excluding hydrogens is 551 g/mol. The lowest BCUT2D eigenvalue weighted by Gasteiger charge is -2.24. The topological polar surface area (TPSA) is 114 Å². The number of nitrogens with one attached hydrogen (secondary N) is 3. The monoisotopic (exact) mass is 586 g/mol. The number of nitrogens with zero attached hydrogens (tertiary/aromatic N) is 1. The molecule has 1 aromatic heterocycles. The van der Waals surface area contributed by atoms with Crippen LogP contribution in [0.25, 0.3) is 22.3 Å². The predicted molar refractivity (Wildman–Crippen MR) is 164 cm³/mol. The highest BCUT2D eigenvalue weighted by molar-refractivity contribution is 6.04. The molecule has 10 heteroatoms. The lowest BCUT2D eigenvalue weighted by atomic mass is 9.90. The first-order valence-corrected chi connectivity index (χ1v) is 14.2. The molecule has 9 nitrogen and oxygen atoms in total. The van der Waals surface area contributed by atoms with Gasteiger partial charge in [-0.1, -0.05) is 30.3 Å². The summed E-state index contributed by atoms with van der Waals surface area (Å²) in [6, 6.07) is 15.0. The van der Waals surface area contributed by atoms with Gasteiger partial charge in [-0.05, 0) is 78.3 Å². The van der Waals surface area contributed by atoms with Crippen LogP contribution in [-0.4, -0.2) is 41.8 Å². The van der Waals surface area contributed by atoms with E-state index in [2.05, 4.69) is 15.6 Å². The second kappa shape index (κ2) is 12.8. The lowest BCUT2D eigenvalue weighted by molar-refractivity contribution is 0.0775. The molecule has 0 aliphatic carbocycles. The summed E-state index contributed by atoms with van der Waals surface area (Å²) in [4.78, 5) is 39.5. The number of carbonyl (C=O) groups excluding carboxylic acids is 1. The number of methoxy groups -OCH3 is 1. The SMILES string of the molecule is COc1cc(-c2cccc(-c3cccc(NC(=O)c4c[nH]c(=O)n(C)c4=O)c3C)c2C)cc(F)c1CNC1CCOCC1. The van der Waals surface area contributed by atoms with E-state index in [0.717, 1.165) is 51.4 Å². The van der Waals surface area contributed by atoms with Gasteiger partial charge in [-0.25, -0.2) is 9.18 Å². The third-order valence-electron chi connectivity index (χ3n) is 8.10. The van der Waals surface area contributed by atoms with Crippen molar-refractivity contribution in [3.05, 3.63) is 104 Å². The zero-order chi connectivity index (χ0) is 30.7. The normalized spacial score (nSPS) is 13.6. The molecule has 1 fully saturated rings. The minimum Gasteiger partial charge on any atom is -0.496 e. The maximum absolute atomic E-state index is 15.5. The number of aromatic amines is 1. The van der Waals surface area contributed by atoms with Gasteiger partial charge in [0.1, 0.15) is 17.1 Å². The number of hydrogen-bond donors (Lipinski definition) is 3. The zero-order valence-electron chi connectivity index (χ0n) is 24.7. The Morgan fingerprint density at radius 1 is 1.05 bits per heavy atom. The molecule has 224 valence electrons. The summed E-state index contributed by atoms with van der Waals surface area (Å²) in [5.74, 6) is -0.488. The van der Waals surface area contributed by atoms with Crippen molar-refractivity contribution in [3.63, 3.8) is 0 Å². The Balaban J connectivity index is 1.45. The lowest BCUT2D eigenvalue weighted by Crippen LogP contribution is -2.37. The molecule has 0 unspecified atom stereocenters. The van der Waals surface area contributed by atoms with Crippen molar-refractivity contribution in [1.29, 1.82) is 0 Å². The van der Waals surface area contributed by atoms with E-state index >= 15 is 4.39 Å². The Morgan fingerprint density at radius 2 is 1.72 bits per heavy atom. The molecule has 0 bridgehead atoms. The van der Waals surface area contributed by atoms with Crippen molar-refractivity contribution in [1.82, 2.24) is 14.9 Å².